The molecule has 0 atom stereocenters. The monoisotopic (exact) mass is 901 g/mol. The average Bonchev–Trinajstić information content (AvgIpc) is 4.01. The van der Waals surface area contributed by atoms with E-state index >= 15 is 0 Å². The Kier molecular flexibility index (Phi) is 14.0. The number of para-hydroxylation sites is 2. The molecule has 2 aliphatic carbocycles. The Labute approximate surface area is 412 Å². The Morgan fingerprint density at radius 1 is 0.638 bits per heavy atom. The largest absolute Gasteiger partial charge is 0.341 e. The van der Waals surface area contributed by atoms with Crippen molar-refractivity contribution in [1.29, 1.82) is 0 Å². The number of anilines is 4. The van der Waals surface area contributed by atoms with Crippen LogP contribution in [-0.4, -0.2) is 6.54 Å². The normalized spacial score (nSPS) is 14.7. The van der Waals surface area contributed by atoms with E-state index < -0.39 is 0 Å². The third kappa shape index (κ3) is 8.67. The van der Waals surface area contributed by atoms with E-state index in [2.05, 4.69) is 219 Å². The molecule has 346 valence electrons. The summed E-state index contributed by atoms with van der Waals surface area (Å²) < 4.78 is 0. The summed E-state index contributed by atoms with van der Waals surface area (Å²) in [6.45, 7) is 19.6. The molecule has 1 spiro atoms. The second-order valence-corrected chi connectivity index (χ2v) is 18.4. The van der Waals surface area contributed by atoms with Crippen LogP contribution in [0.15, 0.2) is 194 Å². The summed E-state index contributed by atoms with van der Waals surface area (Å²) in [5.41, 5.74) is 20.9. The molecule has 0 radical (unpaired) electrons. The third-order valence-electron chi connectivity index (χ3n) is 14.7. The summed E-state index contributed by atoms with van der Waals surface area (Å²) in [4.78, 5) is 4.93. The Morgan fingerprint density at radius 3 is 2.10 bits per heavy atom. The van der Waals surface area contributed by atoms with E-state index in [4.69, 9.17) is 0 Å². The summed E-state index contributed by atoms with van der Waals surface area (Å²) in [7, 11) is 0. The van der Waals surface area contributed by atoms with Crippen molar-refractivity contribution in [2.45, 2.75) is 92.4 Å². The maximum Gasteiger partial charge on any atom is 0.0490 e. The van der Waals surface area contributed by atoms with Gasteiger partial charge in [-0.2, -0.15) is 0 Å². The lowest BCUT2D eigenvalue weighted by Crippen LogP contribution is -2.25. The van der Waals surface area contributed by atoms with E-state index in [-0.39, 0.29) is 5.41 Å². The lowest BCUT2D eigenvalue weighted by molar-refractivity contribution is 0.549. The Morgan fingerprint density at radius 2 is 1.32 bits per heavy atom. The first kappa shape index (κ1) is 46.9. The molecular formula is C67H68N2. The molecular weight excluding hydrogens is 833 g/mol. The molecule has 0 saturated heterocycles. The fraction of sp³-hybridized carbons (Fsp3) is 0.224. The second-order valence-electron chi connectivity index (χ2n) is 18.4. The molecule has 1 heterocycles. The predicted molar refractivity (Wildman–Crippen MR) is 302 cm³/mol. The quantitative estimate of drug-likeness (QED) is 0.105. The standard InChI is InChI=1S/C63H56N2.2C2H6/c1-5-16-60(43(3)6-2)65(61-22-11-7-17-44(61)4)52-31-29-48-40-50(28-27-49(48)41-52)54-34-30-46(53-20-9-10-21-55(53)54)26-24-45-25-33-56-57-35-32-51(64-38-15-19-47-18-8-12-23-62(47)64)42-59(57)63(58(56)39-45)36-13-14-37-63;2*1-2/h5-12,16-18,20-35,39-42H,2,13-15,19,36-38H2,1,3-4H3;2*1-2H3/b16-5-,26-24+,60-43+;;. The first-order valence-corrected chi connectivity index (χ1v) is 25.6. The van der Waals surface area contributed by atoms with E-state index in [1.165, 1.54) is 115 Å². The van der Waals surface area contributed by atoms with Crippen LogP contribution in [0.5, 0.6) is 0 Å². The molecule has 0 aromatic heterocycles. The minimum atomic E-state index is 0.0901. The number of rotatable bonds is 9. The van der Waals surface area contributed by atoms with Crippen LogP contribution in [0, 0.1) is 6.92 Å². The van der Waals surface area contributed by atoms with Crippen molar-refractivity contribution in [3.63, 3.8) is 0 Å². The molecule has 2 heteroatoms. The van der Waals surface area contributed by atoms with Gasteiger partial charge in [0.15, 0.2) is 0 Å². The summed E-state index contributed by atoms with van der Waals surface area (Å²) in [6, 6.07) is 59.5. The number of benzene rings is 8. The number of hydrogen-bond acceptors (Lipinski definition) is 2. The van der Waals surface area contributed by atoms with Gasteiger partial charge in [0, 0.05) is 40.4 Å². The summed E-state index contributed by atoms with van der Waals surface area (Å²) in [5.74, 6) is 0. The van der Waals surface area contributed by atoms with Crippen molar-refractivity contribution in [2.24, 2.45) is 0 Å². The van der Waals surface area contributed by atoms with Gasteiger partial charge in [0.25, 0.3) is 0 Å². The number of fused-ring (bicyclic) bond motifs is 8. The molecule has 1 aliphatic heterocycles. The zero-order chi connectivity index (χ0) is 48.1. The van der Waals surface area contributed by atoms with E-state index in [0.717, 1.165) is 35.6 Å². The highest BCUT2D eigenvalue weighted by atomic mass is 15.2. The van der Waals surface area contributed by atoms with Crippen molar-refractivity contribution in [2.75, 3.05) is 16.3 Å². The maximum atomic E-state index is 4.12. The molecule has 69 heavy (non-hydrogen) atoms. The summed E-state index contributed by atoms with van der Waals surface area (Å²) in [5, 5.41) is 4.95. The summed E-state index contributed by atoms with van der Waals surface area (Å²) in [6.07, 6.45) is 18.3. The van der Waals surface area contributed by atoms with Gasteiger partial charge < -0.3 is 9.80 Å². The van der Waals surface area contributed by atoms with Crippen molar-refractivity contribution in [1.82, 2.24) is 0 Å². The van der Waals surface area contributed by atoms with Gasteiger partial charge in [0.1, 0.15) is 0 Å². The van der Waals surface area contributed by atoms with Crippen molar-refractivity contribution >= 4 is 56.4 Å². The molecule has 3 aliphatic rings. The predicted octanol–water partition coefficient (Wildman–Crippen LogP) is 19.3. The molecule has 1 fully saturated rings. The van der Waals surface area contributed by atoms with Crippen LogP contribution in [-0.2, 0) is 11.8 Å². The van der Waals surface area contributed by atoms with Gasteiger partial charge in [-0.15, -0.1) is 0 Å². The van der Waals surface area contributed by atoms with Crippen molar-refractivity contribution < 1.29 is 0 Å². The highest BCUT2D eigenvalue weighted by Gasteiger charge is 2.45. The molecule has 8 aromatic rings. The number of hydrogen-bond donors (Lipinski definition) is 0. The van der Waals surface area contributed by atoms with Gasteiger partial charge in [0.2, 0.25) is 0 Å². The Balaban J connectivity index is 0.00000145. The van der Waals surface area contributed by atoms with Crippen LogP contribution in [0.25, 0.3) is 56.0 Å². The SMILES string of the molecule is C=C/C(C)=C(\C=C/C)N(c1ccc2cc(-c3ccc(/C=C/c4ccc5c(c4)C4(CCCC4)c4cc(N6CCCc7ccccc76)ccc4-5)c4ccccc34)ccc2c1)c1ccccc1C.CC.CC. The highest BCUT2D eigenvalue weighted by molar-refractivity contribution is 6.04. The molecule has 0 amide bonds. The highest BCUT2D eigenvalue weighted by Crippen LogP contribution is 2.58. The van der Waals surface area contributed by atoms with Gasteiger partial charge in [0.05, 0.1) is 0 Å². The van der Waals surface area contributed by atoms with E-state index in [1.807, 2.05) is 33.8 Å². The molecule has 11 rings (SSSR count). The van der Waals surface area contributed by atoms with Crippen LogP contribution >= 0.6 is 0 Å². The Hall–Kier alpha value is -7.16. The van der Waals surface area contributed by atoms with Crippen LogP contribution < -0.4 is 9.80 Å². The van der Waals surface area contributed by atoms with Gasteiger partial charge in [-0.05, 0) is 178 Å². The van der Waals surface area contributed by atoms with Gasteiger partial charge >= 0.3 is 0 Å². The van der Waals surface area contributed by atoms with Gasteiger partial charge in [-0.1, -0.05) is 187 Å². The van der Waals surface area contributed by atoms with Crippen LogP contribution in [0.2, 0.25) is 0 Å². The first-order valence-electron chi connectivity index (χ1n) is 25.6. The minimum Gasteiger partial charge on any atom is -0.341 e. The van der Waals surface area contributed by atoms with E-state index in [0.29, 0.717) is 0 Å². The van der Waals surface area contributed by atoms with Crippen LogP contribution in [0.1, 0.15) is 107 Å². The lowest BCUT2D eigenvalue weighted by atomic mass is 9.76. The topological polar surface area (TPSA) is 6.48 Å². The van der Waals surface area contributed by atoms with Crippen molar-refractivity contribution in [3.8, 4) is 22.3 Å². The minimum absolute atomic E-state index is 0.0901. The molecule has 1 saturated carbocycles. The van der Waals surface area contributed by atoms with Crippen molar-refractivity contribution in [3.05, 3.63) is 227 Å². The smallest absolute Gasteiger partial charge is 0.0490 e. The maximum absolute atomic E-state index is 4.12. The lowest BCUT2D eigenvalue weighted by Gasteiger charge is -2.33. The number of aryl methyl sites for hydroxylation is 2. The molecule has 0 bridgehead atoms. The zero-order valence-electron chi connectivity index (χ0n) is 41.9. The fourth-order valence-electron chi connectivity index (χ4n) is 11.4. The van der Waals surface area contributed by atoms with Crippen LogP contribution in [0.3, 0.4) is 0 Å². The fourth-order valence-corrected chi connectivity index (χ4v) is 11.4. The van der Waals surface area contributed by atoms with Crippen LogP contribution in [0.4, 0.5) is 22.7 Å². The van der Waals surface area contributed by atoms with E-state index in [1.54, 1.807) is 5.56 Å². The number of nitrogens with zero attached hydrogens (tertiary/aromatic N) is 2. The summed E-state index contributed by atoms with van der Waals surface area (Å²) >= 11 is 0. The first-order chi connectivity index (χ1) is 33.9. The average molecular weight is 901 g/mol. The van der Waals surface area contributed by atoms with Gasteiger partial charge in [-0.25, -0.2) is 0 Å². The Bertz CT molecular complexity index is 3260. The molecule has 0 unspecified atom stereocenters. The third-order valence-corrected chi connectivity index (χ3v) is 14.7. The zero-order valence-corrected chi connectivity index (χ0v) is 41.9. The molecule has 0 N–H and O–H groups in total. The molecule has 2 nitrogen and oxygen atoms in total. The number of allylic oxidation sites excluding steroid dienone is 4. The second kappa shape index (κ2) is 20.6. The van der Waals surface area contributed by atoms with E-state index in [9.17, 15) is 0 Å². The van der Waals surface area contributed by atoms with Gasteiger partial charge in [-0.3, -0.25) is 0 Å². The molecule has 8 aromatic carbocycles.